The number of hydrogen-bond acceptors (Lipinski definition) is 3. The fourth-order valence-electron chi connectivity index (χ4n) is 1.72. The van der Waals surface area contributed by atoms with Crippen molar-refractivity contribution in [2.24, 2.45) is 0 Å². The zero-order valence-electron chi connectivity index (χ0n) is 8.64. The van der Waals surface area contributed by atoms with Gasteiger partial charge in [0.1, 0.15) is 6.61 Å². The number of hydrogen-bond donors (Lipinski definition) is 1. The summed E-state index contributed by atoms with van der Waals surface area (Å²) >= 11 is 0. The van der Waals surface area contributed by atoms with Gasteiger partial charge in [-0.05, 0) is 17.5 Å². The summed E-state index contributed by atoms with van der Waals surface area (Å²) < 4.78 is 4.96. The molecule has 0 saturated heterocycles. The standard InChI is InChI=1S/C12H14O3/c1-8(13)15-7-9-4-2-3-5-10(9)11-6-12(11)14/h2-5,11-12,14H,6-7H2,1H3. The van der Waals surface area contributed by atoms with Crippen LogP contribution < -0.4 is 0 Å². The van der Waals surface area contributed by atoms with E-state index in [0.29, 0.717) is 6.61 Å². The largest absolute Gasteiger partial charge is 0.461 e. The quantitative estimate of drug-likeness (QED) is 0.764. The van der Waals surface area contributed by atoms with Crippen LogP contribution in [-0.2, 0) is 16.1 Å². The molecule has 2 rings (SSSR count). The Balaban J connectivity index is 2.11. The Morgan fingerprint density at radius 2 is 2.20 bits per heavy atom. The molecule has 0 aliphatic heterocycles. The van der Waals surface area contributed by atoms with E-state index in [1.807, 2.05) is 24.3 Å². The highest BCUT2D eigenvalue weighted by Crippen LogP contribution is 2.42. The van der Waals surface area contributed by atoms with Gasteiger partial charge < -0.3 is 9.84 Å². The fraction of sp³-hybridized carbons (Fsp3) is 0.417. The van der Waals surface area contributed by atoms with Gasteiger partial charge in [-0.15, -0.1) is 0 Å². The van der Waals surface area contributed by atoms with Gasteiger partial charge in [0.05, 0.1) is 6.10 Å². The Morgan fingerprint density at radius 1 is 1.53 bits per heavy atom. The number of rotatable bonds is 3. The van der Waals surface area contributed by atoms with Crippen molar-refractivity contribution in [1.29, 1.82) is 0 Å². The van der Waals surface area contributed by atoms with Crippen LogP contribution in [0.1, 0.15) is 30.4 Å². The topological polar surface area (TPSA) is 46.5 Å². The fourth-order valence-corrected chi connectivity index (χ4v) is 1.72. The van der Waals surface area contributed by atoms with Gasteiger partial charge in [0.25, 0.3) is 0 Å². The third-order valence-corrected chi connectivity index (χ3v) is 2.64. The molecule has 2 atom stereocenters. The lowest BCUT2D eigenvalue weighted by molar-refractivity contribution is -0.142. The van der Waals surface area contributed by atoms with Crippen molar-refractivity contribution in [2.75, 3.05) is 0 Å². The van der Waals surface area contributed by atoms with Crippen LogP contribution in [0.3, 0.4) is 0 Å². The van der Waals surface area contributed by atoms with Gasteiger partial charge in [0, 0.05) is 12.8 Å². The number of aliphatic hydroxyl groups is 1. The normalized spacial score (nSPS) is 23.6. The number of esters is 1. The van der Waals surface area contributed by atoms with Gasteiger partial charge in [-0.1, -0.05) is 24.3 Å². The Hall–Kier alpha value is -1.35. The number of ether oxygens (including phenoxy) is 1. The molecule has 0 amide bonds. The molecule has 1 N–H and O–H groups in total. The summed E-state index contributed by atoms with van der Waals surface area (Å²) in [6.45, 7) is 1.70. The maximum absolute atomic E-state index is 10.7. The van der Waals surface area contributed by atoms with E-state index >= 15 is 0 Å². The molecule has 3 nitrogen and oxygen atoms in total. The molecule has 1 saturated carbocycles. The summed E-state index contributed by atoms with van der Waals surface area (Å²) in [5.41, 5.74) is 2.10. The Morgan fingerprint density at radius 3 is 2.80 bits per heavy atom. The molecule has 2 unspecified atom stereocenters. The summed E-state index contributed by atoms with van der Waals surface area (Å²) in [6.07, 6.45) is 0.598. The molecule has 0 radical (unpaired) electrons. The van der Waals surface area contributed by atoms with E-state index in [9.17, 15) is 9.90 Å². The second-order valence-electron chi connectivity index (χ2n) is 3.89. The minimum atomic E-state index is -0.277. The van der Waals surface area contributed by atoms with E-state index in [1.54, 1.807) is 0 Å². The molecule has 15 heavy (non-hydrogen) atoms. The van der Waals surface area contributed by atoms with Crippen LogP contribution in [0.4, 0.5) is 0 Å². The van der Waals surface area contributed by atoms with Gasteiger partial charge in [0.2, 0.25) is 0 Å². The van der Waals surface area contributed by atoms with E-state index in [0.717, 1.165) is 17.5 Å². The summed E-state index contributed by atoms with van der Waals surface area (Å²) in [5.74, 6) is -0.0436. The van der Waals surface area contributed by atoms with Crippen LogP contribution in [-0.4, -0.2) is 17.2 Å². The summed E-state index contributed by atoms with van der Waals surface area (Å²) in [6, 6.07) is 7.78. The molecule has 1 fully saturated rings. The first-order chi connectivity index (χ1) is 7.18. The molecule has 1 aromatic rings. The molecule has 1 aliphatic carbocycles. The van der Waals surface area contributed by atoms with Gasteiger partial charge in [-0.2, -0.15) is 0 Å². The third kappa shape index (κ3) is 2.36. The Labute approximate surface area is 88.7 Å². The van der Waals surface area contributed by atoms with E-state index in [2.05, 4.69) is 0 Å². The van der Waals surface area contributed by atoms with Crippen molar-refractivity contribution in [3.63, 3.8) is 0 Å². The van der Waals surface area contributed by atoms with E-state index < -0.39 is 0 Å². The monoisotopic (exact) mass is 206 g/mol. The van der Waals surface area contributed by atoms with E-state index in [1.165, 1.54) is 6.92 Å². The summed E-state index contributed by atoms with van der Waals surface area (Å²) in [7, 11) is 0. The molecule has 0 spiro atoms. The maximum atomic E-state index is 10.7. The summed E-state index contributed by atoms with van der Waals surface area (Å²) in [4.78, 5) is 10.7. The van der Waals surface area contributed by atoms with E-state index in [4.69, 9.17) is 4.74 Å². The number of carbonyl (C=O) groups is 1. The number of carbonyl (C=O) groups excluding carboxylic acids is 1. The lowest BCUT2D eigenvalue weighted by Crippen LogP contribution is -2.02. The van der Waals surface area contributed by atoms with E-state index in [-0.39, 0.29) is 18.0 Å². The predicted molar refractivity (Wildman–Crippen MR) is 55.3 cm³/mol. The first kappa shape index (κ1) is 10.2. The molecular weight excluding hydrogens is 192 g/mol. The molecule has 80 valence electrons. The minimum absolute atomic E-state index is 0.219. The average Bonchev–Trinajstić information content (AvgIpc) is 2.93. The van der Waals surface area contributed by atoms with Crippen LogP contribution in [0, 0.1) is 0 Å². The lowest BCUT2D eigenvalue weighted by Gasteiger charge is -2.08. The van der Waals surface area contributed by atoms with Crippen LogP contribution in [0.5, 0.6) is 0 Å². The first-order valence-corrected chi connectivity index (χ1v) is 5.07. The molecule has 0 heterocycles. The molecule has 1 aromatic carbocycles. The van der Waals surface area contributed by atoms with Gasteiger partial charge >= 0.3 is 5.97 Å². The molecular formula is C12H14O3. The number of benzene rings is 1. The molecule has 0 bridgehead atoms. The third-order valence-electron chi connectivity index (χ3n) is 2.64. The van der Waals surface area contributed by atoms with Crippen molar-refractivity contribution >= 4 is 5.97 Å². The first-order valence-electron chi connectivity index (χ1n) is 5.07. The highest BCUT2D eigenvalue weighted by molar-refractivity contribution is 5.66. The average molecular weight is 206 g/mol. The Bertz CT molecular complexity index is 373. The van der Waals surface area contributed by atoms with Crippen LogP contribution in [0.25, 0.3) is 0 Å². The minimum Gasteiger partial charge on any atom is -0.461 e. The van der Waals surface area contributed by atoms with Crippen molar-refractivity contribution in [2.45, 2.75) is 32.0 Å². The molecule has 0 aromatic heterocycles. The van der Waals surface area contributed by atoms with Crippen LogP contribution in [0.15, 0.2) is 24.3 Å². The zero-order chi connectivity index (χ0) is 10.8. The molecule has 3 heteroatoms. The van der Waals surface area contributed by atoms with Crippen molar-refractivity contribution in [3.05, 3.63) is 35.4 Å². The second kappa shape index (κ2) is 4.03. The number of aliphatic hydroxyl groups excluding tert-OH is 1. The maximum Gasteiger partial charge on any atom is 0.302 e. The SMILES string of the molecule is CC(=O)OCc1ccccc1C1CC1O. The van der Waals surface area contributed by atoms with Gasteiger partial charge in [-0.25, -0.2) is 0 Å². The zero-order valence-corrected chi connectivity index (χ0v) is 8.64. The van der Waals surface area contributed by atoms with Crippen LogP contribution in [0.2, 0.25) is 0 Å². The highest BCUT2D eigenvalue weighted by Gasteiger charge is 2.37. The second-order valence-corrected chi connectivity index (χ2v) is 3.89. The predicted octanol–water partition coefficient (Wildman–Crippen LogP) is 1.60. The van der Waals surface area contributed by atoms with Crippen molar-refractivity contribution < 1.29 is 14.6 Å². The van der Waals surface area contributed by atoms with Crippen LogP contribution >= 0.6 is 0 Å². The molecule has 1 aliphatic rings. The highest BCUT2D eigenvalue weighted by atomic mass is 16.5. The van der Waals surface area contributed by atoms with Gasteiger partial charge in [-0.3, -0.25) is 4.79 Å². The van der Waals surface area contributed by atoms with Crippen molar-refractivity contribution in [3.8, 4) is 0 Å². The lowest BCUT2D eigenvalue weighted by atomic mass is 10.0. The Kier molecular flexibility index (Phi) is 2.73. The summed E-state index contributed by atoms with van der Waals surface area (Å²) in [5, 5.41) is 9.37. The van der Waals surface area contributed by atoms with Gasteiger partial charge in [0.15, 0.2) is 0 Å². The van der Waals surface area contributed by atoms with Crippen molar-refractivity contribution in [1.82, 2.24) is 0 Å². The smallest absolute Gasteiger partial charge is 0.302 e.